The second-order valence-electron chi connectivity index (χ2n) is 4.71. The zero-order valence-electron chi connectivity index (χ0n) is 12.3. The van der Waals surface area contributed by atoms with Crippen LogP contribution < -0.4 is 5.73 Å². The zero-order valence-corrected chi connectivity index (χ0v) is 13.1. The summed E-state index contributed by atoms with van der Waals surface area (Å²) in [5, 5.41) is 0.733. The van der Waals surface area contributed by atoms with Crippen LogP contribution in [0.4, 0.5) is 0 Å². The summed E-state index contributed by atoms with van der Waals surface area (Å²) in [7, 11) is 0. The third kappa shape index (κ3) is 3.29. The van der Waals surface area contributed by atoms with E-state index < -0.39 is 5.91 Å². The number of thiazole rings is 1. The molecular formula is C16H13N5OS. The molecule has 0 radical (unpaired) electrons. The fourth-order valence-corrected chi connectivity index (χ4v) is 2.90. The fourth-order valence-electron chi connectivity index (χ4n) is 1.95. The molecule has 114 valence electrons. The summed E-state index contributed by atoms with van der Waals surface area (Å²) in [6.07, 6.45) is 6.60. The van der Waals surface area contributed by atoms with Gasteiger partial charge in [0.25, 0.3) is 5.91 Å². The average molecular weight is 323 g/mol. The highest BCUT2D eigenvalue weighted by Gasteiger charge is 2.16. The summed E-state index contributed by atoms with van der Waals surface area (Å²) >= 11 is 1.28. The molecule has 0 fully saturated rings. The maximum Gasteiger partial charge on any atom is 0.290 e. The third-order valence-electron chi connectivity index (χ3n) is 3.10. The highest BCUT2D eigenvalue weighted by Crippen LogP contribution is 2.27. The number of hydrogen-bond acceptors (Lipinski definition) is 5. The molecule has 3 heterocycles. The molecule has 0 saturated heterocycles. The Bertz CT molecular complexity index is 859. The smallest absolute Gasteiger partial charge is 0.290 e. The number of aryl methyl sites for hydroxylation is 1. The van der Waals surface area contributed by atoms with Crippen LogP contribution in [0.2, 0.25) is 0 Å². The van der Waals surface area contributed by atoms with Gasteiger partial charge < -0.3 is 5.73 Å². The number of nitrogens with zero attached hydrogens (tertiary/aromatic N) is 4. The number of pyridine rings is 2. The molecule has 0 bridgehead atoms. The van der Waals surface area contributed by atoms with E-state index in [1.165, 1.54) is 11.3 Å². The largest absolute Gasteiger partial charge is 0.383 e. The van der Waals surface area contributed by atoms with Crippen LogP contribution in [0.1, 0.15) is 20.9 Å². The number of hydrogen-bond donors (Lipinski definition) is 1. The van der Waals surface area contributed by atoms with Crippen LogP contribution in [-0.2, 0) is 0 Å². The van der Waals surface area contributed by atoms with Gasteiger partial charge in [-0.3, -0.25) is 14.8 Å². The Morgan fingerprint density at radius 1 is 1.17 bits per heavy atom. The first-order valence-corrected chi connectivity index (χ1v) is 7.63. The van der Waals surface area contributed by atoms with Gasteiger partial charge in [-0.25, -0.2) is 4.98 Å². The highest BCUT2D eigenvalue weighted by atomic mass is 32.1. The Labute approximate surface area is 136 Å². The Morgan fingerprint density at radius 3 is 2.65 bits per heavy atom. The number of amidine groups is 1. The van der Waals surface area contributed by atoms with E-state index in [0.717, 1.165) is 10.6 Å². The van der Waals surface area contributed by atoms with E-state index in [1.807, 2.05) is 12.1 Å². The SMILES string of the molecule is Cc1nc(-c2cccnc2)sc1C(=O)N=C(N)c1ccncc1. The van der Waals surface area contributed by atoms with E-state index in [0.29, 0.717) is 16.1 Å². The Kier molecular flexibility index (Phi) is 4.20. The Balaban J connectivity index is 1.90. The predicted octanol–water partition coefficient (Wildman–Crippen LogP) is 2.45. The minimum atomic E-state index is -0.399. The highest BCUT2D eigenvalue weighted by molar-refractivity contribution is 7.17. The van der Waals surface area contributed by atoms with Crippen molar-refractivity contribution >= 4 is 23.1 Å². The van der Waals surface area contributed by atoms with Crippen molar-refractivity contribution in [3.8, 4) is 10.6 Å². The normalized spacial score (nSPS) is 11.4. The summed E-state index contributed by atoms with van der Waals surface area (Å²) in [6, 6.07) is 7.13. The molecular weight excluding hydrogens is 310 g/mol. The van der Waals surface area contributed by atoms with Crippen molar-refractivity contribution in [3.05, 3.63) is 65.2 Å². The topological polar surface area (TPSA) is 94.1 Å². The summed E-state index contributed by atoms with van der Waals surface area (Å²) in [4.78, 5) is 29.2. The second-order valence-corrected chi connectivity index (χ2v) is 5.71. The molecule has 0 spiro atoms. The number of aromatic nitrogens is 3. The lowest BCUT2D eigenvalue weighted by atomic mass is 10.2. The van der Waals surface area contributed by atoms with Crippen LogP contribution in [0.3, 0.4) is 0 Å². The summed E-state index contributed by atoms with van der Waals surface area (Å²) in [5.74, 6) is -0.238. The lowest BCUT2D eigenvalue weighted by molar-refractivity contribution is 0.101. The first-order valence-electron chi connectivity index (χ1n) is 6.82. The zero-order chi connectivity index (χ0) is 16.2. The van der Waals surface area contributed by atoms with Crippen LogP contribution in [-0.4, -0.2) is 26.7 Å². The van der Waals surface area contributed by atoms with Crippen molar-refractivity contribution in [3.63, 3.8) is 0 Å². The maximum absolute atomic E-state index is 12.4. The van der Waals surface area contributed by atoms with Crippen LogP contribution in [0.25, 0.3) is 10.6 Å². The Hall–Kier alpha value is -2.93. The van der Waals surface area contributed by atoms with Crippen LogP contribution >= 0.6 is 11.3 Å². The molecule has 0 saturated carbocycles. The first kappa shape index (κ1) is 15.0. The fraction of sp³-hybridized carbons (Fsp3) is 0.0625. The van der Waals surface area contributed by atoms with Crippen LogP contribution in [0, 0.1) is 6.92 Å². The lowest BCUT2D eigenvalue weighted by Crippen LogP contribution is -2.15. The molecule has 0 aliphatic heterocycles. The molecule has 0 atom stereocenters. The van der Waals surface area contributed by atoms with Gasteiger partial charge in [0.2, 0.25) is 0 Å². The van der Waals surface area contributed by atoms with Crippen molar-refractivity contribution < 1.29 is 4.79 Å². The monoisotopic (exact) mass is 323 g/mol. The predicted molar refractivity (Wildman–Crippen MR) is 89.4 cm³/mol. The molecule has 23 heavy (non-hydrogen) atoms. The van der Waals surface area contributed by atoms with E-state index in [9.17, 15) is 4.79 Å². The van der Waals surface area contributed by atoms with Gasteiger partial charge in [-0.1, -0.05) is 0 Å². The average Bonchev–Trinajstić information content (AvgIpc) is 2.98. The third-order valence-corrected chi connectivity index (χ3v) is 4.29. The molecule has 2 N–H and O–H groups in total. The molecule has 1 amide bonds. The van der Waals surface area contributed by atoms with E-state index in [1.54, 1.807) is 43.8 Å². The van der Waals surface area contributed by atoms with Gasteiger partial charge in [0, 0.05) is 35.9 Å². The van der Waals surface area contributed by atoms with Crippen molar-refractivity contribution in [1.82, 2.24) is 15.0 Å². The van der Waals surface area contributed by atoms with Gasteiger partial charge in [-0.15, -0.1) is 11.3 Å². The molecule has 6 nitrogen and oxygen atoms in total. The molecule has 0 aliphatic carbocycles. The lowest BCUT2D eigenvalue weighted by Gasteiger charge is -1.98. The molecule has 3 rings (SSSR count). The van der Waals surface area contributed by atoms with Gasteiger partial charge >= 0.3 is 0 Å². The maximum atomic E-state index is 12.4. The van der Waals surface area contributed by atoms with Gasteiger partial charge in [0.05, 0.1) is 5.69 Å². The number of amides is 1. The Morgan fingerprint density at radius 2 is 1.96 bits per heavy atom. The molecule has 0 aliphatic rings. The van der Waals surface area contributed by atoms with E-state index in [2.05, 4.69) is 19.9 Å². The van der Waals surface area contributed by atoms with Crippen molar-refractivity contribution in [2.45, 2.75) is 6.92 Å². The molecule has 0 unspecified atom stereocenters. The standard InChI is InChI=1S/C16H13N5OS/c1-10-13(23-16(20-10)12-3-2-6-19-9-12)15(22)21-14(17)11-4-7-18-8-5-11/h2-9H,1H3,(H2,17,21,22). The number of rotatable bonds is 3. The number of aliphatic imine (C=N–C) groups is 1. The molecule has 3 aromatic rings. The minimum Gasteiger partial charge on any atom is -0.383 e. The van der Waals surface area contributed by atoms with Crippen LogP contribution in [0.5, 0.6) is 0 Å². The molecule has 7 heteroatoms. The summed E-state index contributed by atoms with van der Waals surface area (Å²) in [5.41, 5.74) is 8.03. The van der Waals surface area contributed by atoms with Gasteiger partial charge in [-0.05, 0) is 31.2 Å². The molecule has 3 aromatic heterocycles. The van der Waals surface area contributed by atoms with E-state index in [-0.39, 0.29) is 5.84 Å². The summed E-state index contributed by atoms with van der Waals surface area (Å²) < 4.78 is 0. The van der Waals surface area contributed by atoms with Crippen molar-refractivity contribution in [2.24, 2.45) is 10.7 Å². The number of carbonyl (C=O) groups excluding carboxylic acids is 1. The summed E-state index contributed by atoms with van der Waals surface area (Å²) in [6.45, 7) is 1.78. The van der Waals surface area contributed by atoms with Gasteiger partial charge in [-0.2, -0.15) is 4.99 Å². The van der Waals surface area contributed by atoms with Gasteiger partial charge in [0.1, 0.15) is 15.7 Å². The van der Waals surface area contributed by atoms with E-state index in [4.69, 9.17) is 5.73 Å². The second kappa shape index (κ2) is 6.45. The number of nitrogens with two attached hydrogens (primary N) is 1. The van der Waals surface area contributed by atoms with Crippen molar-refractivity contribution in [1.29, 1.82) is 0 Å². The number of carbonyl (C=O) groups is 1. The van der Waals surface area contributed by atoms with Gasteiger partial charge in [0.15, 0.2) is 0 Å². The van der Waals surface area contributed by atoms with Crippen LogP contribution in [0.15, 0.2) is 54.0 Å². The minimum absolute atomic E-state index is 0.160. The molecule has 0 aromatic carbocycles. The first-order chi connectivity index (χ1) is 11.1. The van der Waals surface area contributed by atoms with Crippen molar-refractivity contribution in [2.75, 3.05) is 0 Å². The van der Waals surface area contributed by atoms with E-state index >= 15 is 0 Å². The quantitative estimate of drug-likeness (QED) is 0.590.